The maximum absolute atomic E-state index is 13.2. The number of methoxy groups -OCH3 is 2. The van der Waals surface area contributed by atoms with Crippen LogP contribution in [0, 0.1) is 0 Å². The first-order valence-electron chi connectivity index (χ1n) is 10.2. The largest absolute Gasteiger partial charge is 0.493 e. The van der Waals surface area contributed by atoms with E-state index in [1.165, 1.54) is 20.9 Å². The molecule has 2 heterocycles. The number of benzene rings is 2. The Hall–Kier alpha value is -3.06. The number of quaternary nitrogens is 1. The van der Waals surface area contributed by atoms with E-state index in [-0.39, 0.29) is 11.9 Å². The second-order valence-corrected chi connectivity index (χ2v) is 8.22. The summed E-state index contributed by atoms with van der Waals surface area (Å²) in [5, 5.41) is 2.91. The molecule has 2 N–H and O–H groups in total. The molecule has 3 amide bonds. The number of carbonyl (C=O) groups excluding carboxylic acids is 2. The van der Waals surface area contributed by atoms with Crippen molar-refractivity contribution in [2.75, 3.05) is 27.4 Å². The number of ether oxygens (including phenoxy) is 2. The van der Waals surface area contributed by atoms with Crippen LogP contribution in [0.3, 0.4) is 0 Å². The molecule has 1 saturated heterocycles. The summed E-state index contributed by atoms with van der Waals surface area (Å²) >= 11 is 0. The molecule has 7 nitrogen and oxygen atoms in total. The molecule has 0 radical (unpaired) electrons. The maximum atomic E-state index is 13.2. The zero-order valence-electron chi connectivity index (χ0n) is 17.7. The van der Waals surface area contributed by atoms with Gasteiger partial charge in [0, 0.05) is 18.4 Å². The average molecular weight is 410 g/mol. The van der Waals surface area contributed by atoms with Crippen LogP contribution in [0.25, 0.3) is 0 Å². The highest BCUT2D eigenvalue weighted by atomic mass is 16.5. The summed E-state index contributed by atoms with van der Waals surface area (Å²) in [6, 6.07) is 13.6. The molecule has 4 rings (SSSR count). The third-order valence-corrected chi connectivity index (χ3v) is 6.04. The van der Waals surface area contributed by atoms with E-state index in [9.17, 15) is 9.59 Å². The van der Waals surface area contributed by atoms with Gasteiger partial charge in [-0.15, -0.1) is 0 Å². The van der Waals surface area contributed by atoms with E-state index in [1.54, 1.807) is 21.1 Å². The molecule has 2 aliphatic rings. The van der Waals surface area contributed by atoms with Gasteiger partial charge in [0.05, 0.1) is 20.8 Å². The van der Waals surface area contributed by atoms with Crippen LogP contribution in [0.4, 0.5) is 4.79 Å². The zero-order valence-corrected chi connectivity index (χ0v) is 17.7. The average Bonchev–Trinajstić information content (AvgIpc) is 2.96. The van der Waals surface area contributed by atoms with Crippen molar-refractivity contribution in [1.29, 1.82) is 0 Å². The summed E-state index contributed by atoms with van der Waals surface area (Å²) < 4.78 is 10.6. The molecule has 0 spiro atoms. The van der Waals surface area contributed by atoms with Gasteiger partial charge in [0.25, 0.3) is 5.91 Å². The number of nitrogens with zero attached hydrogens (tertiary/aromatic N) is 1. The number of urea groups is 1. The van der Waals surface area contributed by atoms with E-state index in [0.717, 1.165) is 25.1 Å². The first kappa shape index (κ1) is 20.2. The SMILES string of the molecule is COc1ccc(C[C@]2(C)NC(=O)N(C[NH+]3CCc4ccccc4C3)C2=O)cc1OC. The predicted molar refractivity (Wildman–Crippen MR) is 112 cm³/mol. The Morgan fingerprint density at radius 2 is 1.80 bits per heavy atom. The Morgan fingerprint density at radius 3 is 2.53 bits per heavy atom. The maximum Gasteiger partial charge on any atom is 0.329 e. The minimum Gasteiger partial charge on any atom is -0.493 e. The molecule has 30 heavy (non-hydrogen) atoms. The van der Waals surface area contributed by atoms with Crippen molar-refractivity contribution in [2.24, 2.45) is 0 Å². The molecule has 0 bridgehead atoms. The van der Waals surface area contributed by atoms with Crippen LogP contribution in [-0.4, -0.2) is 49.8 Å². The summed E-state index contributed by atoms with van der Waals surface area (Å²) in [7, 11) is 3.16. The molecule has 1 fully saturated rings. The van der Waals surface area contributed by atoms with Crippen LogP contribution in [0.1, 0.15) is 23.6 Å². The molecule has 158 valence electrons. The fourth-order valence-corrected chi connectivity index (χ4v) is 4.41. The molecule has 1 unspecified atom stereocenters. The Kier molecular flexibility index (Phi) is 5.39. The standard InChI is InChI=1S/C23H27N3O4/c1-23(13-16-8-9-19(29-2)20(12-16)30-3)21(27)26(22(28)24-23)15-25-11-10-17-6-4-5-7-18(17)14-25/h4-9,12H,10-11,13-15H2,1-3H3,(H,24,28)/p+1/t23-/m0/s1. The highest BCUT2D eigenvalue weighted by Gasteiger charge is 2.49. The van der Waals surface area contributed by atoms with E-state index in [0.29, 0.717) is 24.6 Å². The van der Waals surface area contributed by atoms with Gasteiger partial charge < -0.3 is 19.7 Å². The van der Waals surface area contributed by atoms with Gasteiger partial charge >= 0.3 is 6.03 Å². The van der Waals surface area contributed by atoms with Gasteiger partial charge in [0.15, 0.2) is 18.2 Å². The van der Waals surface area contributed by atoms with Gasteiger partial charge in [-0.05, 0) is 30.2 Å². The molecule has 0 saturated carbocycles. The second kappa shape index (κ2) is 7.99. The number of carbonyl (C=O) groups is 2. The van der Waals surface area contributed by atoms with E-state index in [2.05, 4.69) is 23.5 Å². The number of imide groups is 1. The lowest BCUT2D eigenvalue weighted by Gasteiger charge is -2.28. The van der Waals surface area contributed by atoms with Crippen molar-refractivity contribution in [3.05, 3.63) is 59.2 Å². The molecular formula is C23H28N3O4+. The van der Waals surface area contributed by atoms with Gasteiger partial charge in [0.2, 0.25) is 0 Å². The highest BCUT2D eigenvalue weighted by Crippen LogP contribution is 2.30. The van der Waals surface area contributed by atoms with Crippen LogP contribution in [-0.2, 0) is 24.2 Å². The van der Waals surface area contributed by atoms with Gasteiger partial charge in [-0.2, -0.15) is 0 Å². The minimum atomic E-state index is -0.982. The number of hydrogen-bond donors (Lipinski definition) is 2. The topological polar surface area (TPSA) is 72.3 Å². The summed E-state index contributed by atoms with van der Waals surface area (Å²) in [5.74, 6) is 1.04. The molecule has 7 heteroatoms. The fraction of sp³-hybridized carbons (Fsp3) is 0.391. The summed E-state index contributed by atoms with van der Waals surface area (Å²) in [5.41, 5.74) is 2.56. The van der Waals surface area contributed by atoms with Crippen molar-refractivity contribution >= 4 is 11.9 Å². The number of amides is 3. The molecule has 0 aliphatic carbocycles. The van der Waals surface area contributed by atoms with E-state index in [1.807, 2.05) is 24.3 Å². The van der Waals surface area contributed by atoms with Crippen LogP contribution < -0.4 is 19.7 Å². The smallest absolute Gasteiger partial charge is 0.329 e. The third kappa shape index (κ3) is 3.73. The van der Waals surface area contributed by atoms with Crippen molar-refractivity contribution in [3.8, 4) is 11.5 Å². The number of fused-ring (bicyclic) bond motifs is 1. The van der Waals surface area contributed by atoms with Gasteiger partial charge in [0.1, 0.15) is 12.1 Å². The van der Waals surface area contributed by atoms with Crippen molar-refractivity contribution < 1.29 is 24.0 Å². The molecular weight excluding hydrogens is 382 g/mol. The first-order chi connectivity index (χ1) is 14.4. The number of rotatable bonds is 6. The lowest BCUT2D eigenvalue weighted by Crippen LogP contribution is -3.13. The summed E-state index contributed by atoms with van der Waals surface area (Å²) in [4.78, 5) is 28.5. The Morgan fingerprint density at radius 1 is 1.07 bits per heavy atom. The Labute approximate surface area is 176 Å². The van der Waals surface area contributed by atoms with Crippen molar-refractivity contribution in [1.82, 2.24) is 10.2 Å². The Balaban J connectivity index is 1.47. The minimum absolute atomic E-state index is 0.186. The van der Waals surface area contributed by atoms with Crippen LogP contribution in [0.5, 0.6) is 11.5 Å². The number of hydrogen-bond acceptors (Lipinski definition) is 4. The molecule has 0 aromatic heterocycles. The highest BCUT2D eigenvalue weighted by molar-refractivity contribution is 6.06. The van der Waals surface area contributed by atoms with E-state index in [4.69, 9.17) is 9.47 Å². The lowest BCUT2D eigenvalue weighted by atomic mass is 9.92. The first-order valence-corrected chi connectivity index (χ1v) is 10.2. The van der Waals surface area contributed by atoms with E-state index >= 15 is 0 Å². The third-order valence-electron chi connectivity index (χ3n) is 6.04. The van der Waals surface area contributed by atoms with E-state index < -0.39 is 5.54 Å². The van der Waals surface area contributed by atoms with Crippen LogP contribution >= 0.6 is 0 Å². The van der Waals surface area contributed by atoms with Crippen molar-refractivity contribution in [3.63, 3.8) is 0 Å². The molecule has 2 aliphatic heterocycles. The Bertz CT molecular complexity index is 977. The summed E-state index contributed by atoms with van der Waals surface area (Å²) in [6.45, 7) is 3.88. The zero-order chi connectivity index (χ0) is 21.3. The van der Waals surface area contributed by atoms with Crippen molar-refractivity contribution in [2.45, 2.75) is 31.8 Å². The number of nitrogens with one attached hydrogen (secondary N) is 2. The van der Waals surface area contributed by atoms with Gasteiger partial charge in [-0.25, -0.2) is 9.69 Å². The quantitative estimate of drug-likeness (QED) is 0.701. The lowest BCUT2D eigenvalue weighted by molar-refractivity contribution is -0.923. The van der Waals surface area contributed by atoms with Crippen LogP contribution in [0.2, 0.25) is 0 Å². The van der Waals surface area contributed by atoms with Gasteiger partial charge in [-0.3, -0.25) is 4.79 Å². The monoisotopic (exact) mass is 410 g/mol. The molecule has 2 atom stereocenters. The normalized spacial score (nSPS) is 23.2. The predicted octanol–water partition coefficient (Wildman–Crippen LogP) is 1.16. The summed E-state index contributed by atoms with van der Waals surface area (Å²) in [6.07, 6.45) is 1.34. The fourth-order valence-electron chi connectivity index (χ4n) is 4.41. The molecule has 2 aromatic rings. The second-order valence-electron chi connectivity index (χ2n) is 8.22. The van der Waals surface area contributed by atoms with Gasteiger partial charge in [-0.1, -0.05) is 30.3 Å². The molecule has 2 aromatic carbocycles. The van der Waals surface area contributed by atoms with Crippen LogP contribution in [0.15, 0.2) is 42.5 Å².